The van der Waals surface area contributed by atoms with Crippen molar-refractivity contribution in [1.82, 2.24) is 20.8 Å². The van der Waals surface area contributed by atoms with E-state index in [4.69, 9.17) is 4.42 Å². The van der Waals surface area contributed by atoms with E-state index in [1.54, 1.807) is 6.26 Å². The molecule has 1 heterocycles. The van der Waals surface area contributed by atoms with Crippen molar-refractivity contribution in [2.75, 3.05) is 6.26 Å². The van der Waals surface area contributed by atoms with Crippen LogP contribution >= 0.6 is 11.8 Å². The summed E-state index contributed by atoms with van der Waals surface area (Å²) < 4.78 is 18.7. The quantitative estimate of drug-likeness (QED) is 0.559. The minimum atomic E-state index is -0.738. The molecule has 1 aliphatic carbocycles. The van der Waals surface area contributed by atoms with Gasteiger partial charge < -0.3 is 9.73 Å². The summed E-state index contributed by atoms with van der Waals surface area (Å²) in [6, 6.07) is 4.81. The van der Waals surface area contributed by atoms with Crippen molar-refractivity contribution in [1.29, 1.82) is 0 Å². The third-order valence-electron chi connectivity index (χ3n) is 5.69. The molecule has 0 bridgehead atoms. The molecule has 33 heavy (non-hydrogen) atoms. The predicted molar refractivity (Wildman–Crippen MR) is 121 cm³/mol. The van der Waals surface area contributed by atoms with Gasteiger partial charge in [0.25, 0.3) is 11.1 Å². The minimum absolute atomic E-state index is 0.165. The summed E-state index contributed by atoms with van der Waals surface area (Å²) in [4.78, 5) is 38.7. The van der Waals surface area contributed by atoms with Crippen molar-refractivity contribution in [3.63, 3.8) is 0 Å². The Balaban J connectivity index is 1.69. The second kappa shape index (κ2) is 11.4. The monoisotopic (exact) mass is 476 g/mol. The van der Waals surface area contributed by atoms with Crippen LogP contribution in [0.3, 0.4) is 0 Å². The molecule has 3 atom stereocenters. The number of halogens is 1. The molecule has 1 saturated carbocycles. The van der Waals surface area contributed by atoms with Gasteiger partial charge in [-0.05, 0) is 55.7 Å². The maximum absolute atomic E-state index is 13.2. The maximum atomic E-state index is 13.2. The molecule has 1 aromatic carbocycles. The smallest absolute Gasteiger partial charge is 0.276 e. The largest absolute Gasteiger partial charge is 0.415 e. The predicted octanol–water partition coefficient (Wildman–Crippen LogP) is 3.69. The molecular weight excluding hydrogens is 447 g/mol. The van der Waals surface area contributed by atoms with Crippen LogP contribution in [0.25, 0.3) is 0 Å². The number of amides is 3. The summed E-state index contributed by atoms with van der Waals surface area (Å²) in [5.74, 6) is -2.65. The summed E-state index contributed by atoms with van der Waals surface area (Å²) in [7, 11) is 0. The molecule has 8 nitrogen and oxygen atoms in total. The Kier molecular flexibility index (Phi) is 8.60. The summed E-state index contributed by atoms with van der Waals surface area (Å²) >= 11 is 1.28. The number of hydrogen-bond donors (Lipinski definition) is 2. The molecule has 1 aliphatic rings. The summed E-state index contributed by atoms with van der Waals surface area (Å²) in [6.07, 6.45) is 5.11. The highest BCUT2D eigenvalue weighted by atomic mass is 32.2. The van der Waals surface area contributed by atoms with Crippen molar-refractivity contribution >= 4 is 29.5 Å². The average Bonchev–Trinajstić information content (AvgIpc) is 3.27. The summed E-state index contributed by atoms with van der Waals surface area (Å²) in [5.41, 5.74) is 0.315. The van der Waals surface area contributed by atoms with Gasteiger partial charge in [0, 0.05) is 11.6 Å². The van der Waals surface area contributed by atoms with Crippen LogP contribution in [0.1, 0.15) is 68.1 Å². The second-order valence-electron chi connectivity index (χ2n) is 8.62. The first-order valence-electron chi connectivity index (χ1n) is 11.1. The normalized spacial score (nSPS) is 19.2. The first-order valence-corrected chi connectivity index (χ1v) is 12.3. The molecule has 0 radical (unpaired) electrons. The number of hydrogen-bond acceptors (Lipinski definition) is 7. The van der Waals surface area contributed by atoms with Crippen LogP contribution in [-0.2, 0) is 9.59 Å². The Labute approximate surface area is 196 Å². The second-order valence-corrected chi connectivity index (χ2v) is 9.38. The standard InChI is InChI=1S/C23H29FN4O4S/c1-13(2)12-17(22-27-28-23(32-22)33-3)21(31)26-20(30)16-6-4-5-7-18(16)25-19(29)14-8-10-15(24)11-9-14/h8-11,13,16-18H,4-7,12H2,1-3H3,(H,25,29)(H,26,30,31)/t16-,17-,18+/m1/s1. The van der Waals surface area contributed by atoms with Crippen LogP contribution in [0.5, 0.6) is 0 Å². The Hall–Kier alpha value is -2.75. The number of thioether (sulfide) groups is 1. The summed E-state index contributed by atoms with van der Waals surface area (Å²) in [6.45, 7) is 3.94. The highest BCUT2D eigenvalue weighted by Gasteiger charge is 2.35. The van der Waals surface area contributed by atoms with Gasteiger partial charge in [-0.15, -0.1) is 10.2 Å². The van der Waals surface area contributed by atoms with E-state index in [0.29, 0.717) is 30.0 Å². The number of benzene rings is 1. The zero-order chi connectivity index (χ0) is 24.0. The molecular formula is C23H29FN4O4S. The topological polar surface area (TPSA) is 114 Å². The van der Waals surface area contributed by atoms with Gasteiger partial charge in [0.1, 0.15) is 11.7 Å². The first-order chi connectivity index (χ1) is 15.8. The maximum Gasteiger partial charge on any atom is 0.276 e. The third-order valence-corrected chi connectivity index (χ3v) is 6.20. The van der Waals surface area contributed by atoms with E-state index in [-0.39, 0.29) is 17.7 Å². The van der Waals surface area contributed by atoms with Crippen LogP contribution < -0.4 is 10.6 Å². The van der Waals surface area contributed by atoms with Gasteiger partial charge in [0.2, 0.25) is 17.7 Å². The number of carbonyl (C=O) groups is 3. The Morgan fingerprint density at radius 1 is 1.15 bits per heavy atom. The number of rotatable bonds is 8. The minimum Gasteiger partial charge on any atom is -0.415 e. The van der Waals surface area contributed by atoms with Gasteiger partial charge in [-0.2, -0.15) is 0 Å². The van der Waals surface area contributed by atoms with Crippen LogP contribution in [0.4, 0.5) is 4.39 Å². The zero-order valence-corrected chi connectivity index (χ0v) is 19.8. The third kappa shape index (κ3) is 6.63. The van der Waals surface area contributed by atoms with Crippen molar-refractivity contribution in [2.24, 2.45) is 11.8 Å². The Bertz CT molecular complexity index is 979. The molecule has 3 amide bonds. The molecule has 0 saturated heterocycles. The SMILES string of the molecule is CSc1nnc([C@H](CC(C)C)C(=O)NC(=O)[C@@H]2CCCC[C@@H]2NC(=O)c2ccc(F)cc2)o1. The molecule has 0 aliphatic heterocycles. The van der Waals surface area contributed by atoms with E-state index in [1.807, 2.05) is 13.8 Å². The molecule has 10 heteroatoms. The Morgan fingerprint density at radius 2 is 1.85 bits per heavy atom. The lowest BCUT2D eigenvalue weighted by molar-refractivity contribution is -0.135. The van der Waals surface area contributed by atoms with Crippen molar-refractivity contribution in [2.45, 2.75) is 63.1 Å². The molecule has 2 aromatic rings. The molecule has 1 aromatic heterocycles. The van der Waals surface area contributed by atoms with E-state index < -0.39 is 35.5 Å². The molecule has 178 valence electrons. The van der Waals surface area contributed by atoms with Crippen LogP contribution in [0.15, 0.2) is 33.9 Å². The fourth-order valence-corrected chi connectivity index (χ4v) is 4.30. The van der Waals surface area contributed by atoms with Crippen LogP contribution in [0, 0.1) is 17.7 Å². The van der Waals surface area contributed by atoms with Gasteiger partial charge in [0.05, 0.1) is 5.92 Å². The van der Waals surface area contributed by atoms with E-state index >= 15 is 0 Å². The van der Waals surface area contributed by atoms with Gasteiger partial charge in [0.15, 0.2) is 0 Å². The number of nitrogens with zero attached hydrogens (tertiary/aromatic N) is 2. The van der Waals surface area contributed by atoms with E-state index in [0.717, 1.165) is 12.8 Å². The molecule has 2 N–H and O–H groups in total. The van der Waals surface area contributed by atoms with Crippen LogP contribution in [-0.4, -0.2) is 40.2 Å². The fourth-order valence-electron chi connectivity index (χ4n) is 4.01. The van der Waals surface area contributed by atoms with Gasteiger partial charge in [-0.1, -0.05) is 38.5 Å². The van der Waals surface area contributed by atoms with Crippen molar-refractivity contribution in [3.05, 3.63) is 41.5 Å². The molecule has 1 fully saturated rings. The molecule has 3 rings (SSSR count). The zero-order valence-electron chi connectivity index (χ0n) is 19.0. The van der Waals surface area contributed by atoms with Gasteiger partial charge in [-0.3, -0.25) is 19.7 Å². The van der Waals surface area contributed by atoms with Crippen molar-refractivity contribution in [3.8, 4) is 0 Å². The van der Waals surface area contributed by atoms with E-state index in [1.165, 1.54) is 36.0 Å². The lowest BCUT2D eigenvalue weighted by atomic mass is 9.83. The number of nitrogens with one attached hydrogen (secondary N) is 2. The lowest BCUT2D eigenvalue weighted by Gasteiger charge is -2.31. The highest BCUT2D eigenvalue weighted by molar-refractivity contribution is 7.98. The van der Waals surface area contributed by atoms with Gasteiger partial charge in [-0.25, -0.2) is 4.39 Å². The lowest BCUT2D eigenvalue weighted by Crippen LogP contribution is -2.50. The molecule has 0 spiro atoms. The number of carbonyl (C=O) groups excluding carboxylic acids is 3. The van der Waals surface area contributed by atoms with Gasteiger partial charge >= 0.3 is 0 Å². The summed E-state index contributed by atoms with van der Waals surface area (Å²) in [5, 5.41) is 13.6. The average molecular weight is 477 g/mol. The number of imide groups is 1. The number of aromatic nitrogens is 2. The fraction of sp³-hybridized carbons (Fsp3) is 0.522. The molecule has 0 unspecified atom stereocenters. The van der Waals surface area contributed by atoms with E-state index in [9.17, 15) is 18.8 Å². The Morgan fingerprint density at radius 3 is 2.48 bits per heavy atom. The highest BCUT2D eigenvalue weighted by Crippen LogP contribution is 2.28. The first kappa shape index (κ1) is 24.9. The van der Waals surface area contributed by atoms with Crippen molar-refractivity contribution < 1.29 is 23.2 Å². The van der Waals surface area contributed by atoms with Crippen LogP contribution in [0.2, 0.25) is 0 Å². The van der Waals surface area contributed by atoms with E-state index in [2.05, 4.69) is 20.8 Å².